The summed E-state index contributed by atoms with van der Waals surface area (Å²) in [4.78, 5) is 2.41. The van der Waals surface area contributed by atoms with Crippen molar-refractivity contribution < 1.29 is 0 Å². The first-order chi connectivity index (χ1) is 28.5. The van der Waals surface area contributed by atoms with Crippen LogP contribution in [0.1, 0.15) is 25.0 Å². The highest BCUT2D eigenvalue weighted by atomic mass is 15.1. The van der Waals surface area contributed by atoms with Gasteiger partial charge in [0.25, 0.3) is 0 Å². The fraction of sp³-hybridized carbons (Fsp3) is 0.0526. The predicted octanol–water partition coefficient (Wildman–Crippen LogP) is 15.9. The van der Waals surface area contributed by atoms with Gasteiger partial charge in [0.2, 0.25) is 0 Å². The van der Waals surface area contributed by atoms with Crippen molar-refractivity contribution >= 4 is 49.4 Å². The van der Waals surface area contributed by atoms with Crippen LogP contribution >= 0.6 is 0 Å². The molecule has 0 aromatic heterocycles. The number of benzene rings is 10. The summed E-state index contributed by atoms with van der Waals surface area (Å²) in [6.07, 6.45) is 0. The molecular formula is C57H41N. The molecule has 0 saturated heterocycles. The van der Waals surface area contributed by atoms with Gasteiger partial charge < -0.3 is 4.90 Å². The van der Waals surface area contributed by atoms with Crippen LogP contribution in [0.15, 0.2) is 212 Å². The number of anilines is 3. The third-order valence-corrected chi connectivity index (χ3v) is 12.4. The van der Waals surface area contributed by atoms with E-state index in [1.807, 2.05) is 0 Å². The molecule has 10 aromatic rings. The molecule has 0 fully saturated rings. The van der Waals surface area contributed by atoms with E-state index in [0.29, 0.717) is 0 Å². The van der Waals surface area contributed by atoms with Gasteiger partial charge >= 0.3 is 0 Å². The molecule has 10 aromatic carbocycles. The van der Waals surface area contributed by atoms with Gasteiger partial charge in [-0.15, -0.1) is 0 Å². The molecule has 58 heavy (non-hydrogen) atoms. The molecule has 1 aliphatic rings. The zero-order valence-corrected chi connectivity index (χ0v) is 32.7. The Morgan fingerprint density at radius 2 is 0.862 bits per heavy atom. The molecule has 0 heterocycles. The molecule has 0 bridgehead atoms. The molecule has 0 radical (unpaired) electrons. The van der Waals surface area contributed by atoms with E-state index in [1.165, 1.54) is 88.0 Å². The van der Waals surface area contributed by atoms with Crippen molar-refractivity contribution in [2.24, 2.45) is 0 Å². The number of hydrogen-bond donors (Lipinski definition) is 0. The van der Waals surface area contributed by atoms with E-state index in [0.717, 1.165) is 17.1 Å². The van der Waals surface area contributed by atoms with Crippen molar-refractivity contribution in [1.82, 2.24) is 0 Å². The third-order valence-electron chi connectivity index (χ3n) is 12.4. The van der Waals surface area contributed by atoms with Crippen LogP contribution in [0, 0.1) is 0 Å². The summed E-state index contributed by atoms with van der Waals surface area (Å²) >= 11 is 0. The predicted molar refractivity (Wildman–Crippen MR) is 248 cm³/mol. The summed E-state index contributed by atoms with van der Waals surface area (Å²) in [6.45, 7) is 4.73. The van der Waals surface area contributed by atoms with Gasteiger partial charge in [-0.25, -0.2) is 0 Å². The van der Waals surface area contributed by atoms with Crippen molar-refractivity contribution in [3.05, 3.63) is 223 Å². The van der Waals surface area contributed by atoms with Crippen LogP contribution in [-0.4, -0.2) is 0 Å². The lowest BCUT2D eigenvalue weighted by atomic mass is 9.79. The maximum Gasteiger partial charge on any atom is 0.0468 e. The second-order valence-corrected chi connectivity index (χ2v) is 16.1. The van der Waals surface area contributed by atoms with Crippen molar-refractivity contribution in [3.8, 4) is 44.5 Å². The monoisotopic (exact) mass is 739 g/mol. The first-order valence-electron chi connectivity index (χ1n) is 20.3. The summed E-state index contributed by atoms with van der Waals surface area (Å²) in [5, 5.41) is 7.53. The van der Waals surface area contributed by atoms with Crippen LogP contribution in [0.2, 0.25) is 0 Å². The topological polar surface area (TPSA) is 3.24 Å². The molecule has 1 heteroatoms. The van der Waals surface area contributed by atoms with Crippen LogP contribution in [0.3, 0.4) is 0 Å². The summed E-state index contributed by atoms with van der Waals surface area (Å²) < 4.78 is 0. The molecule has 0 unspecified atom stereocenters. The molecule has 1 aliphatic carbocycles. The fourth-order valence-electron chi connectivity index (χ4n) is 9.63. The van der Waals surface area contributed by atoms with E-state index in [-0.39, 0.29) is 5.41 Å². The van der Waals surface area contributed by atoms with Gasteiger partial charge in [-0.1, -0.05) is 184 Å². The highest BCUT2D eigenvalue weighted by molar-refractivity contribution is 6.08. The zero-order valence-electron chi connectivity index (χ0n) is 32.7. The van der Waals surface area contributed by atoms with Crippen molar-refractivity contribution in [1.29, 1.82) is 0 Å². The summed E-state index contributed by atoms with van der Waals surface area (Å²) in [6, 6.07) is 78.2. The molecular weight excluding hydrogens is 699 g/mol. The lowest BCUT2D eigenvalue weighted by Gasteiger charge is -2.27. The Morgan fingerprint density at radius 1 is 0.310 bits per heavy atom. The Balaban J connectivity index is 1.03. The molecule has 0 aliphatic heterocycles. The second-order valence-electron chi connectivity index (χ2n) is 16.1. The minimum atomic E-state index is -0.0894. The van der Waals surface area contributed by atoms with Crippen LogP contribution in [0.5, 0.6) is 0 Å². The SMILES string of the molecule is CC1(C)c2ccccc2-c2cccc(-c3ccc(N(c4cccc(-c5cccc(-c6cccc7ccccc67)c5)c4)c4ccc5c(ccc6ccccc65)c4)cc3)c21. The largest absolute Gasteiger partial charge is 0.310 e. The maximum atomic E-state index is 2.41. The van der Waals surface area contributed by atoms with E-state index >= 15 is 0 Å². The van der Waals surface area contributed by atoms with Gasteiger partial charge in [-0.3, -0.25) is 0 Å². The van der Waals surface area contributed by atoms with Crippen molar-refractivity contribution in [2.45, 2.75) is 19.3 Å². The van der Waals surface area contributed by atoms with Crippen LogP contribution in [0.25, 0.3) is 76.8 Å². The molecule has 274 valence electrons. The number of hydrogen-bond acceptors (Lipinski definition) is 1. The minimum absolute atomic E-state index is 0.0894. The minimum Gasteiger partial charge on any atom is -0.310 e. The molecule has 11 rings (SSSR count). The van der Waals surface area contributed by atoms with Crippen LogP contribution in [-0.2, 0) is 5.41 Å². The normalized spacial score (nSPS) is 12.8. The fourth-order valence-corrected chi connectivity index (χ4v) is 9.63. The zero-order chi connectivity index (χ0) is 38.8. The Morgan fingerprint density at radius 3 is 1.72 bits per heavy atom. The molecule has 0 spiro atoms. The first-order valence-corrected chi connectivity index (χ1v) is 20.3. The van der Waals surface area contributed by atoms with E-state index in [1.54, 1.807) is 0 Å². The highest BCUT2D eigenvalue weighted by Crippen LogP contribution is 2.52. The highest BCUT2D eigenvalue weighted by Gasteiger charge is 2.37. The molecule has 0 amide bonds. The Labute approximate surface area is 340 Å². The molecule has 0 atom stereocenters. The van der Waals surface area contributed by atoms with Gasteiger partial charge in [-0.05, 0) is 130 Å². The van der Waals surface area contributed by atoms with Gasteiger partial charge in [0.15, 0.2) is 0 Å². The summed E-state index contributed by atoms with van der Waals surface area (Å²) in [5.41, 5.74) is 16.1. The van der Waals surface area contributed by atoms with Gasteiger partial charge in [0.1, 0.15) is 0 Å². The first kappa shape index (κ1) is 34.1. The van der Waals surface area contributed by atoms with E-state index < -0.39 is 0 Å². The van der Waals surface area contributed by atoms with Gasteiger partial charge in [0, 0.05) is 22.5 Å². The molecule has 1 nitrogen and oxygen atoms in total. The third kappa shape index (κ3) is 5.54. The number of rotatable bonds is 6. The Bertz CT molecular complexity index is 3200. The average molecular weight is 740 g/mol. The van der Waals surface area contributed by atoms with Gasteiger partial charge in [0.05, 0.1) is 0 Å². The summed E-state index contributed by atoms with van der Waals surface area (Å²) in [5.74, 6) is 0. The average Bonchev–Trinajstić information content (AvgIpc) is 3.52. The second kappa shape index (κ2) is 13.5. The van der Waals surface area contributed by atoms with Crippen LogP contribution in [0.4, 0.5) is 17.1 Å². The quantitative estimate of drug-likeness (QED) is 0.154. The number of nitrogens with zero attached hydrogens (tertiary/aromatic N) is 1. The van der Waals surface area contributed by atoms with E-state index in [9.17, 15) is 0 Å². The van der Waals surface area contributed by atoms with Gasteiger partial charge in [-0.2, -0.15) is 0 Å². The van der Waals surface area contributed by atoms with Crippen molar-refractivity contribution in [3.63, 3.8) is 0 Å². The summed E-state index contributed by atoms with van der Waals surface area (Å²) in [7, 11) is 0. The lowest BCUT2D eigenvalue weighted by Crippen LogP contribution is -2.16. The van der Waals surface area contributed by atoms with Crippen LogP contribution < -0.4 is 4.90 Å². The lowest BCUT2D eigenvalue weighted by molar-refractivity contribution is 0.662. The van der Waals surface area contributed by atoms with E-state index in [4.69, 9.17) is 0 Å². The maximum absolute atomic E-state index is 2.41. The number of fused-ring (bicyclic) bond motifs is 7. The standard InChI is InChI=1S/C57H41N/c1-57(2)55-26-8-7-22-53(55)54-25-12-24-52(56(54)57)40-29-31-45(32-30-40)58(47-33-34-51-44(37-47)28-27-39-14-4-6-21-49(39)51)46-19-10-17-42(36-46)41-16-9-18-43(35-41)50-23-11-15-38-13-3-5-20-48(38)50/h3-37H,1-2H3. The molecule has 0 N–H and O–H groups in total. The molecule has 0 saturated carbocycles. The van der Waals surface area contributed by atoms with Crippen molar-refractivity contribution in [2.75, 3.05) is 4.90 Å². The smallest absolute Gasteiger partial charge is 0.0468 e. The van der Waals surface area contributed by atoms with E-state index in [2.05, 4.69) is 231 Å². The Hall–Kier alpha value is -7.22. The Kier molecular flexibility index (Phi) is 7.91.